The fourth-order valence-corrected chi connectivity index (χ4v) is 16.2. The number of nitrogens with two attached hydrogens (primary N) is 1. The molecule has 8 aromatic rings. The minimum absolute atomic E-state index is 0.0257. The topological polar surface area (TPSA) is 500 Å². The average molecular weight is 1830 g/mol. The third-order valence-electron chi connectivity index (χ3n) is 22.6. The summed E-state index contributed by atoms with van der Waals surface area (Å²) in [5.74, 6) is -17.3. The van der Waals surface area contributed by atoms with E-state index >= 15 is 43.2 Å². The van der Waals surface area contributed by atoms with Crippen molar-refractivity contribution in [2.45, 2.75) is 158 Å². The Balaban J connectivity index is 1.12. The molecule has 9 rings (SSSR count). The molecule has 0 aliphatic carbocycles. The molecule has 15 N–H and O–H groups in total. The molecule has 0 radical (unpaired) electrons. The molecule has 1 aliphatic heterocycles. The number of unbranched alkanes of at least 4 members (excludes halogenated alkanes) is 1. The second-order valence-electron chi connectivity index (χ2n) is 33.1. The number of benzene rings is 7. The number of carbonyl (C=O) groups is 16. The largest absolute Gasteiger partial charge is 0.508 e. The molecular weight excluding hydrogens is 1710 g/mol. The van der Waals surface area contributed by atoms with Gasteiger partial charge in [-0.15, -0.1) is 11.8 Å². The zero-order chi connectivity index (χ0) is 95.8. The van der Waals surface area contributed by atoms with Crippen LogP contribution in [0.1, 0.15) is 85.4 Å². The fraction of sp³-hybridized carbons (Fsp3) is 0.375. The van der Waals surface area contributed by atoms with Crippen LogP contribution in [0.15, 0.2) is 200 Å². The van der Waals surface area contributed by atoms with E-state index in [1.165, 1.54) is 93.6 Å². The van der Waals surface area contributed by atoms with Gasteiger partial charge in [-0.05, 0) is 81.6 Å². The number of nitrogens with one attached hydrogen (secondary N) is 10. The Labute approximate surface area is 769 Å². The molecule has 1 saturated heterocycles. The van der Waals surface area contributed by atoms with Crippen LogP contribution in [-0.4, -0.2) is 272 Å². The van der Waals surface area contributed by atoms with Gasteiger partial charge in [-0.25, -0.2) is 0 Å². The first-order valence-electron chi connectivity index (χ1n) is 43.4. The van der Waals surface area contributed by atoms with E-state index in [2.05, 4.69) is 52.8 Å². The Hall–Kier alpha value is -14.5. The Kier molecular flexibility index (Phi) is 37.9. The maximum Gasteiger partial charge on any atom is 0.305 e. The molecule has 15 amide bonds. The van der Waals surface area contributed by atoms with E-state index in [4.69, 9.17) is 5.73 Å². The first-order chi connectivity index (χ1) is 63.0. The quantitative estimate of drug-likeness (QED) is 0.0437. The van der Waals surface area contributed by atoms with E-state index < -0.39 is 205 Å². The number of phenolic OH excluding ortho intramolecular Hbond substituents is 2. The normalized spacial score (nSPS) is 21.6. The maximum atomic E-state index is 15.6. The Morgan fingerprint density at radius 1 is 0.432 bits per heavy atom. The molecule has 2 heterocycles. The van der Waals surface area contributed by atoms with Crippen molar-refractivity contribution in [1.29, 1.82) is 0 Å². The van der Waals surface area contributed by atoms with Crippen LogP contribution in [0.4, 0.5) is 0 Å². The van der Waals surface area contributed by atoms with Crippen LogP contribution < -0.4 is 53.6 Å². The fourth-order valence-electron chi connectivity index (χ4n) is 15.3. The smallest absolute Gasteiger partial charge is 0.305 e. The molecular formula is C96H116N16O19S. The second kappa shape index (κ2) is 49.4. The number of para-hydroxylation sites is 1. The molecule has 1 aliphatic rings. The number of rotatable bonds is 23. The van der Waals surface area contributed by atoms with Crippen molar-refractivity contribution in [3.8, 4) is 11.5 Å². The molecule has 1 fully saturated rings. The van der Waals surface area contributed by atoms with Crippen LogP contribution in [0.25, 0.3) is 10.9 Å². The van der Waals surface area contributed by atoms with Gasteiger partial charge in [0, 0.05) is 103 Å². The predicted octanol–water partition coefficient (Wildman–Crippen LogP) is 2.52. The second-order valence-corrected chi connectivity index (χ2v) is 34.2. The molecule has 1 aromatic heterocycles. The first-order valence-corrected chi connectivity index (χ1v) is 44.5. The molecule has 35 nitrogen and oxygen atoms in total. The minimum Gasteiger partial charge on any atom is -0.508 e. The lowest BCUT2D eigenvalue weighted by Crippen LogP contribution is -2.61. The zero-order valence-electron chi connectivity index (χ0n) is 74.9. The van der Waals surface area contributed by atoms with Gasteiger partial charge in [0.05, 0.1) is 31.8 Å². The van der Waals surface area contributed by atoms with Gasteiger partial charge in [-0.1, -0.05) is 197 Å². The Bertz CT molecular complexity index is 5350. The van der Waals surface area contributed by atoms with Gasteiger partial charge in [0.15, 0.2) is 0 Å². The van der Waals surface area contributed by atoms with Gasteiger partial charge in [0.2, 0.25) is 88.6 Å². The van der Waals surface area contributed by atoms with Crippen LogP contribution in [0.5, 0.6) is 11.5 Å². The van der Waals surface area contributed by atoms with Crippen molar-refractivity contribution in [3.63, 3.8) is 0 Å². The van der Waals surface area contributed by atoms with Crippen LogP contribution >= 0.6 is 11.8 Å². The van der Waals surface area contributed by atoms with Crippen LogP contribution in [-0.2, 0) is 122 Å². The number of hydrogen-bond donors (Lipinski definition) is 14. The monoisotopic (exact) mass is 1830 g/mol. The van der Waals surface area contributed by atoms with E-state index in [0.29, 0.717) is 62.7 Å². The number of aromatic hydroxyl groups is 2. The highest BCUT2D eigenvalue weighted by molar-refractivity contribution is 8.00. The summed E-state index contributed by atoms with van der Waals surface area (Å²) in [7, 11) is 6.53. The van der Waals surface area contributed by atoms with Crippen molar-refractivity contribution in [3.05, 3.63) is 239 Å². The van der Waals surface area contributed by atoms with Gasteiger partial charge >= 0.3 is 5.97 Å². The van der Waals surface area contributed by atoms with Crippen molar-refractivity contribution in [1.82, 2.24) is 77.3 Å². The maximum absolute atomic E-state index is 15.6. The SMILES string of the molecule is CCCC[C@H]1C(=O)N(C)CC(=O)N[C@@H](CC(=O)O)C(=O)N[C@@H](C(C)C)C(=O)N(C)[C@@H](Cc2ccccc2)C(=O)N[C@@H](Cc2ccc(O)cc2)C(=O)N(C)CC(=O)N[C@@H](Cc2c[nH]c3ccccc23)C(=O)N[C@@H](Cc2ccc(O)cc2)C(=O)N[C@@H](Cc2ccccc2)C(=O)N[C@H](C(=O)NCC(N)=O)CSCC(=O)N[C@@H](Cc2ccccc2)C(=O)N(C)[C@@H](Cc2ccccc2)C(=O)N1C. The summed E-state index contributed by atoms with van der Waals surface area (Å²) in [5, 5.41) is 55.7. The standard InChI is InChI=1S/C96H116N16O19S/c1-9-10-35-77-94(129)109(5)55-82(117)101-73(51-84(119)120)90(125)107-85(58(2)3)96(131)111(7)78(48-61-29-19-13-20-30-61)91(126)105-74(47-64-38-42-67(114)43-39-64)92(127)108(4)54-81(116)100-72(50-65-52-98-69-34-24-23-33-68(65)69)89(124)104-71(45-63-36-40-66(113)41-37-63)87(122)103-70(44-59-25-15-11-16-26-59)88(123)106-76(86(121)99-53-80(97)115)56-132-57-83(118)102-75(46-60-27-17-12-18-28-60)93(128)112(8)79(95(130)110(77)6)49-62-31-21-14-22-32-62/h11-34,36-43,52,58,70-79,85,98,113-114H,9-10,35,44-51,53-57H2,1-8H3,(H2,97,115)(H,99,121)(H,100,116)(H,101,117)(H,102,118)(H,103,122)(H,104,124)(H,105,126)(H,106,123)(H,107,125)(H,119,120)/t70-,71-,72-,73-,74-,75-,76-,77-,78-,79-,85-/m0/s1. The van der Waals surface area contributed by atoms with E-state index in [9.17, 15) is 48.9 Å². The van der Waals surface area contributed by atoms with Crippen molar-refractivity contribution in [2.75, 3.05) is 66.4 Å². The summed E-state index contributed by atoms with van der Waals surface area (Å²) >= 11 is 0.819. The number of thioether (sulfide) groups is 1. The number of aliphatic carboxylic acids is 1. The van der Waals surface area contributed by atoms with Crippen molar-refractivity contribution < 1.29 is 92.0 Å². The highest BCUT2D eigenvalue weighted by Crippen LogP contribution is 2.25. The highest BCUT2D eigenvalue weighted by atomic mass is 32.2. The first kappa shape index (κ1) is 101. The van der Waals surface area contributed by atoms with E-state index in [1.54, 1.807) is 166 Å². The lowest BCUT2D eigenvalue weighted by molar-refractivity contribution is -0.151. The number of H-pyrrole nitrogens is 1. The summed E-state index contributed by atoms with van der Waals surface area (Å²) < 4.78 is 0. The third-order valence-corrected chi connectivity index (χ3v) is 23.7. The number of aromatic nitrogens is 1. The number of nitrogens with zero attached hydrogens (tertiary/aromatic N) is 5. The number of amides is 15. The van der Waals surface area contributed by atoms with Gasteiger partial charge in [0.1, 0.15) is 78.0 Å². The molecule has 0 saturated carbocycles. The number of hydrogen-bond acceptors (Lipinski definition) is 19. The lowest BCUT2D eigenvalue weighted by Gasteiger charge is -2.37. The number of carbonyl (C=O) groups excluding carboxylic acids is 15. The molecule has 11 atom stereocenters. The number of fused-ring (bicyclic) bond motifs is 1. The molecule has 0 spiro atoms. The molecule has 132 heavy (non-hydrogen) atoms. The Morgan fingerprint density at radius 3 is 1.34 bits per heavy atom. The molecule has 0 unspecified atom stereocenters. The molecule has 36 heteroatoms. The van der Waals surface area contributed by atoms with Gasteiger partial charge in [-0.2, -0.15) is 0 Å². The summed E-state index contributed by atoms with van der Waals surface area (Å²) in [6, 6.07) is 35.3. The summed E-state index contributed by atoms with van der Waals surface area (Å²) in [6.45, 7) is 2.65. The minimum atomic E-state index is -1.91. The highest BCUT2D eigenvalue weighted by Gasteiger charge is 2.42. The molecule has 700 valence electrons. The lowest BCUT2D eigenvalue weighted by atomic mass is 9.98. The van der Waals surface area contributed by atoms with Crippen molar-refractivity contribution in [2.24, 2.45) is 11.7 Å². The van der Waals surface area contributed by atoms with Crippen molar-refractivity contribution >= 4 is 117 Å². The number of phenols is 2. The predicted molar refractivity (Wildman–Crippen MR) is 493 cm³/mol. The molecule has 7 aromatic carbocycles. The van der Waals surface area contributed by atoms with E-state index in [0.717, 1.165) is 26.5 Å². The Morgan fingerprint density at radius 2 is 0.841 bits per heavy atom. The van der Waals surface area contributed by atoms with E-state index in [-0.39, 0.29) is 62.9 Å². The van der Waals surface area contributed by atoms with Gasteiger partial charge < -0.3 is 98.4 Å². The van der Waals surface area contributed by atoms with Gasteiger partial charge in [0.25, 0.3) is 0 Å². The van der Waals surface area contributed by atoms with Crippen LogP contribution in [0.2, 0.25) is 0 Å². The summed E-state index contributed by atoms with van der Waals surface area (Å²) in [4.78, 5) is 245. The van der Waals surface area contributed by atoms with Gasteiger partial charge in [-0.3, -0.25) is 76.7 Å². The number of primary amides is 1. The van der Waals surface area contributed by atoms with Crippen LogP contribution in [0, 0.1) is 5.92 Å². The number of carboxylic acids is 1. The number of carboxylic acid groups (broad SMARTS) is 1. The molecule has 0 bridgehead atoms. The van der Waals surface area contributed by atoms with Crippen LogP contribution in [0.3, 0.4) is 0 Å². The summed E-state index contributed by atoms with van der Waals surface area (Å²) in [6.07, 6.45) is -0.151. The average Bonchev–Trinajstić information content (AvgIpc) is 1.63. The number of aromatic amines is 1. The summed E-state index contributed by atoms with van der Waals surface area (Å²) in [5.41, 5.74) is 9.59. The third kappa shape index (κ3) is 30.1. The van der Waals surface area contributed by atoms with E-state index in [1.807, 2.05) is 6.92 Å². The zero-order valence-corrected chi connectivity index (χ0v) is 75.7. The number of likely N-dealkylation sites (N-methyl/N-ethyl adjacent to an activating group) is 5.